The Balaban J connectivity index is 4.75. The normalized spacial score (nSPS) is 14.6. The highest BCUT2D eigenvalue weighted by Gasteiger charge is 2.18. The summed E-state index contributed by atoms with van der Waals surface area (Å²) >= 11 is 0. The van der Waals surface area contributed by atoms with E-state index >= 15 is 0 Å². The molecular formula is C14H24F2. The fraction of sp³-hybridized carbons (Fsp3) is 0.714. The van der Waals surface area contributed by atoms with Gasteiger partial charge >= 0.3 is 0 Å². The van der Waals surface area contributed by atoms with E-state index < -0.39 is 6.43 Å². The molecule has 0 spiro atoms. The highest BCUT2D eigenvalue weighted by atomic mass is 19.3. The molecule has 0 N–H and O–H groups in total. The molecule has 0 aromatic rings. The molecule has 0 saturated heterocycles. The third-order valence-corrected chi connectivity index (χ3v) is 2.70. The molecule has 0 aliphatic rings. The maximum Gasteiger partial charge on any atom is 0.263 e. The van der Waals surface area contributed by atoms with E-state index in [0.29, 0.717) is 5.92 Å². The molecule has 1 atom stereocenters. The minimum Gasteiger partial charge on any atom is -0.205 e. The van der Waals surface area contributed by atoms with Gasteiger partial charge in [-0.05, 0) is 30.3 Å². The van der Waals surface area contributed by atoms with Crippen LogP contribution in [0.2, 0.25) is 0 Å². The number of allylic oxidation sites excluding steroid dienone is 3. The number of halogens is 2. The summed E-state index contributed by atoms with van der Waals surface area (Å²) in [7, 11) is 0. The first kappa shape index (κ1) is 15.3. The van der Waals surface area contributed by atoms with Crippen molar-refractivity contribution in [3.63, 3.8) is 0 Å². The molecule has 0 nitrogen and oxygen atoms in total. The van der Waals surface area contributed by atoms with Crippen LogP contribution >= 0.6 is 0 Å². The second-order valence-electron chi connectivity index (χ2n) is 4.80. The molecule has 0 bridgehead atoms. The molecule has 0 aliphatic heterocycles. The van der Waals surface area contributed by atoms with Gasteiger partial charge in [0.2, 0.25) is 0 Å². The zero-order valence-corrected chi connectivity index (χ0v) is 10.9. The Hall–Kier alpha value is -0.660. The van der Waals surface area contributed by atoms with E-state index in [1.54, 1.807) is 0 Å². The van der Waals surface area contributed by atoms with Gasteiger partial charge in [-0.3, -0.25) is 0 Å². The van der Waals surface area contributed by atoms with Crippen LogP contribution in [0.3, 0.4) is 0 Å². The average Bonchev–Trinajstić information content (AvgIpc) is 2.17. The Morgan fingerprint density at radius 3 is 2.19 bits per heavy atom. The van der Waals surface area contributed by atoms with Gasteiger partial charge in [-0.2, -0.15) is 0 Å². The maximum atomic E-state index is 12.7. The number of alkyl halides is 2. The molecule has 94 valence electrons. The van der Waals surface area contributed by atoms with Crippen molar-refractivity contribution in [3.8, 4) is 0 Å². The van der Waals surface area contributed by atoms with Gasteiger partial charge in [0.15, 0.2) is 0 Å². The van der Waals surface area contributed by atoms with Gasteiger partial charge in [-0.15, -0.1) is 0 Å². The maximum absolute atomic E-state index is 12.7. The highest BCUT2D eigenvalue weighted by molar-refractivity contribution is 5.32. The largest absolute Gasteiger partial charge is 0.263 e. The van der Waals surface area contributed by atoms with Gasteiger partial charge in [0.25, 0.3) is 6.43 Å². The summed E-state index contributed by atoms with van der Waals surface area (Å²) < 4.78 is 25.3. The van der Waals surface area contributed by atoms with Crippen molar-refractivity contribution in [1.29, 1.82) is 0 Å². The Kier molecular flexibility index (Phi) is 7.27. The molecule has 2 heteroatoms. The van der Waals surface area contributed by atoms with Crippen LogP contribution in [-0.4, -0.2) is 6.43 Å². The lowest BCUT2D eigenvalue weighted by molar-refractivity contribution is 0.190. The number of rotatable bonds is 7. The molecule has 1 unspecified atom stereocenters. The Bertz CT molecular complexity index is 239. The van der Waals surface area contributed by atoms with Crippen molar-refractivity contribution in [2.24, 2.45) is 11.8 Å². The van der Waals surface area contributed by atoms with Crippen molar-refractivity contribution in [2.75, 3.05) is 0 Å². The predicted molar refractivity (Wildman–Crippen MR) is 66.8 cm³/mol. The van der Waals surface area contributed by atoms with E-state index in [0.717, 1.165) is 24.8 Å². The molecule has 0 rings (SSSR count). The molecule has 16 heavy (non-hydrogen) atoms. The molecule has 0 amide bonds. The van der Waals surface area contributed by atoms with Gasteiger partial charge in [0, 0.05) is 5.57 Å². The van der Waals surface area contributed by atoms with Gasteiger partial charge in [0.1, 0.15) is 0 Å². The van der Waals surface area contributed by atoms with Gasteiger partial charge in [-0.25, -0.2) is 8.78 Å². The van der Waals surface area contributed by atoms with E-state index in [2.05, 4.69) is 27.4 Å². The first-order chi connectivity index (χ1) is 7.40. The van der Waals surface area contributed by atoms with Crippen LogP contribution in [0.5, 0.6) is 0 Å². The van der Waals surface area contributed by atoms with E-state index in [1.807, 2.05) is 13.0 Å². The van der Waals surface area contributed by atoms with Crippen LogP contribution in [-0.2, 0) is 0 Å². The molecule has 0 saturated carbocycles. The molecule has 0 radical (unpaired) electrons. The van der Waals surface area contributed by atoms with Crippen molar-refractivity contribution < 1.29 is 8.78 Å². The summed E-state index contributed by atoms with van der Waals surface area (Å²) in [6.45, 7) is 11.8. The van der Waals surface area contributed by atoms with Gasteiger partial charge in [0.05, 0.1) is 0 Å². The third kappa shape index (κ3) is 5.43. The Labute approximate surface area is 98.4 Å². The second kappa shape index (κ2) is 7.59. The van der Waals surface area contributed by atoms with Crippen molar-refractivity contribution in [3.05, 3.63) is 23.8 Å². The van der Waals surface area contributed by atoms with E-state index in [1.165, 1.54) is 0 Å². The monoisotopic (exact) mass is 230 g/mol. The zero-order valence-electron chi connectivity index (χ0n) is 10.9. The predicted octanol–water partition coefficient (Wildman–Crippen LogP) is 5.22. The second-order valence-corrected chi connectivity index (χ2v) is 4.80. The first-order valence-corrected chi connectivity index (χ1v) is 6.07. The van der Waals surface area contributed by atoms with Crippen molar-refractivity contribution >= 4 is 0 Å². The number of hydrogen-bond donors (Lipinski definition) is 0. The van der Waals surface area contributed by atoms with Crippen LogP contribution in [0.15, 0.2) is 23.8 Å². The fourth-order valence-corrected chi connectivity index (χ4v) is 1.73. The van der Waals surface area contributed by atoms with E-state index in [4.69, 9.17) is 0 Å². The van der Waals surface area contributed by atoms with E-state index in [9.17, 15) is 8.78 Å². The van der Waals surface area contributed by atoms with Crippen LogP contribution in [0.1, 0.15) is 47.0 Å². The molecule has 0 aliphatic carbocycles. The average molecular weight is 230 g/mol. The summed E-state index contributed by atoms with van der Waals surface area (Å²) in [6, 6.07) is 0. The van der Waals surface area contributed by atoms with Crippen molar-refractivity contribution in [2.45, 2.75) is 53.4 Å². The molecule has 0 aromatic heterocycles. The zero-order chi connectivity index (χ0) is 12.7. The lowest BCUT2D eigenvalue weighted by atomic mass is 9.89. The third-order valence-electron chi connectivity index (χ3n) is 2.70. The number of hydrogen-bond acceptors (Lipinski definition) is 0. The smallest absolute Gasteiger partial charge is 0.205 e. The lowest BCUT2D eigenvalue weighted by Gasteiger charge is -2.18. The summed E-state index contributed by atoms with van der Waals surface area (Å²) in [5, 5.41) is 0. The molecule has 0 heterocycles. The molecular weight excluding hydrogens is 206 g/mol. The van der Waals surface area contributed by atoms with Crippen LogP contribution < -0.4 is 0 Å². The van der Waals surface area contributed by atoms with Crippen LogP contribution in [0, 0.1) is 11.8 Å². The van der Waals surface area contributed by atoms with Crippen LogP contribution in [0.25, 0.3) is 0 Å². The van der Waals surface area contributed by atoms with Gasteiger partial charge < -0.3 is 0 Å². The van der Waals surface area contributed by atoms with E-state index in [-0.39, 0.29) is 11.5 Å². The highest BCUT2D eigenvalue weighted by Crippen LogP contribution is 2.27. The standard InChI is InChI=1S/C14H24F2/c1-6-7-11(4)13(9-8-10(2)3)12(5)14(15)16/h9-11,14H,5-8H2,1-4H3/b13-9-. The SMILES string of the molecule is C=C(/C(=C\CC(C)C)C(C)CCC)C(F)F. The topological polar surface area (TPSA) is 0 Å². The summed E-state index contributed by atoms with van der Waals surface area (Å²) in [5.41, 5.74) is 0.757. The lowest BCUT2D eigenvalue weighted by Crippen LogP contribution is -2.08. The first-order valence-electron chi connectivity index (χ1n) is 6.07. The van der Waals surface area contributed by atoms with Crippen molar-refractivity contribution in [1.82, 2.24) is 0 Å². The Morgan fingerprint density at radius 2 is 1.81 bits per heavy atom. The quantitative estimate of drug-likeness (QED) is 0.526. The Morgan fingerprint density at radius 1 is 1.25 bits per heavy atom. The summed E-state index contributed by atoms with van der Waals surface area (Å²) in [6.07, 6.45) is 2.30. The van der Waals surface area contributed by atoms with Crippen LogP contribution in [0.4, 0.5) is 8.78 Å². The fourth-order valence-electron chi connectivity index (χ4n) is 1.73. The minimum atomic E-state index is -2.43. The molecule has 0 fully saturated rings. The summed E-state index contributed by atoms with van der Waals surface area (Å²) in [4.78, 5) is 0. The molecule has 0 aromatic carbocycles. The minimum absolute atomic E-state index is 0.00148. The summed E-state index contributed by atoms with van der Waals surface area (Å²) in [5.74, 6) is 0.680. The van der Waals surface area contributed by atoms with Gasteiger partial charge in [-0.1, -0.05) is 46.8 Å².